The van der Waals surface area contributed by atoms with Crippen LogP contribution >= 0.6 is 0 Å². The Morgan fingerprint density at radius 2 is 2.00 bits per heavy atom. The zero-order valence-electron chi connectivity index (χ0n) is 13.0. The van der Waals surface area contributed by atoms with Crippen molar-refractivity contribution in [1.82, 2.24) is 14.6 Å². The summed E-state index contributed by atoms with van der Waals surface area (Å²) in [5, 5.41) is 2.89. The summed E-state index contributed by atoms with van der Waals surface area (Å²) in [5.41, 5.74) is -0.310. The number of rotatable bonds is 7. The lowest BCUT2D eigenvalue weighted by molar-refractivity contribution is -0.123. The average Bonchev–Trinajstić information content (AvgIpc) is 2.47. The molecule has 1 heterocycles. The van der Waals surface area contributed by atoms with Crippen molar-refractivity contribution in [3.05, 3.63) is 24.5 Å². The molecule has 1 amide bonds. The molecular formula is C14H23N3O3S. The number of carbonyl (C=O) groups is 1. The highest BCUT2D eigenvalue weighted by Gasteiger charge is 2.26. The van der Waals surface area contributed by atoms with E-state index in [-0.39, 0.29) is 22.9 Å². The summed E-state index contributed by atoms with van der Waals surface area (Å²) >= 11 is 0. The van der Waals surface area contributed by atoms with Gasteiger partial charge in [-0.3, -0.25) is 9.78 Å². The second kappa shape index (κ2) is 7.00. The number of hydrogen-bond acceptors (Lipinski definition) is 4. The van der Waals surface area contributed by atoms with E-state index >= 15 is 0 Å². The van der Waals surface area contributed by atoms with Crippen molar-refractivity contribution in [1.29, 1.82) is 0 Å². The van der Waals surface area contributed by atoms with Crippen molar-refractivity contribution in [2.75, 3.05) is 13.6 Å². The van der Waals surface area contributed by atoms with Crippen LogP contribution in [0.15, 0.2) is 29.4 Å². The minimum atomic E-state index is -3.69. The van der Waals surface area contributed by atoms with Gasteiger partial charge in [0.05, 0.1) is 6.54 Å². The quantitative estimate of drug-likeness (QED) is 0.825. The monoisotopic (exact) mass is 313 g/mol. The first kappa shape index (κ1) is 17.6. The van der Waals surface area contributed by atoms with Crippen LogP contribution in [0.2, 0.25) is 0 Å². The molecule has 6 nitrogen and oxygen atoms in total. The summed E-state index contributed by atoms with van der Waals surface area (Å²) in [5.74, 6) is -0.309. The molecular weight excluding hydrogens is 290 g/mol. The molecule has 118 valence electrons. The van der Waals surface area contributed by atoms with E-state index in [4.69, 9.17) is 0 Å². The van der Waals surface area contributed by atoms with E-state index in [1.807, 2.05) is 20.8 Å². The second-order valence-corrected chi connectivity index (χ2v) is 7.31. The van der Waals surface area contributed by atoms with E-state index in [2.05, 4.69) is 10.3 Å². The second-order valence-electron chi connectivity index (χ2n) is 5.27. The molecule has 1 rings (SSSR count). The maximum Gasteiger partial charge on any atom is 0.244 e. The van der Waals surface area contributed by atoms with Gasteiger partial charge < -0.3 is 5.32 Å². The number of pyridine rings is 1. The lowest BCUT2D eigenvalue weighted by atomic mass is 9.95. The number of aromatic nitrogens is 1. The summed E-state index contributed by atoms with van der Waals surface area (Å²) in [6, 6.07) is 3.00. The maximum atomic E-state index is 12.3. The fourth-order valence-corrected chi connectivity index (χ4v) is 2.86. The van der Waals surface area contributed by atoms with E-state index < -0.39 is 10.0 Å². The summed E-state index contributed by atoms with van der Waals surface area (Å²) < 4.78 is 25.6. The Balaban J connectivity index is 2.77. The number of carbonyl (C=O) groups excluding carboxylic acids is 1. The predicted molar refractivity (Wildman–Crippen MR) is 81.2 cm³/mol. The van der Waals surface area contributed by atoms with Gasteiger partial charge in [0.1, 0.15) is 4.90 Å². The topological polar surface area (TPSA) is 79.4 Å². The lowest BCUT2D eigenvalue weighted by Crippen LogP contribution is -2.49. The molecule has 0 aromatic carbocycles. The van der Waals surface area contributed by atoms with Crippen LogP contribution < -0.4 is 5.32 Å². The predicted octanol–water partition coefficient (Wildman–Crippen LogP) is 1.40. The van der Waals surface area contributed by atoms with Gasteiger partial charge in [0.15, 0.2) is 0 Å². The van der Waals surface area contributed by atoms with Crippen LogP contribution in [0, 0.1) is 0 Å². The van der Waals surface area contributed by atoms with Crippen LogP contribution in [-0.4, -0.2) is 42.7 Å². The van der Waals surface area contributed by atoms with E-state index in [0.29, 0.717) is 0 Å². The lowest BCUT2D eigenvalue weighted by Gasteiger charge is -2.29. The van der Waals surface area contributed by atoms with Gasteiger partial charge in [-0.05, 0) is 31.9 Å². The van der Waals surface area contributed by atoms with E-state index in [1.54, 1.807) is 6.07 Å². The molecule has 21 heavy (non-hydrogen) atoms. The SMILES string of the molecule is CCC(C)(CC)NC(=O)CN(C)S(=O)(=O)c1cccnc1. The van der Waals surface area contributed by atoms with Crippen LogP contribution in [-0.2, 0) is 14.8 Å². The summed E-state index contributed by atoms with van der Waals surface area (Å²) in [4.78, 5) is 15.9. The zero-order valence-corrected chi connectivity index (χ0v) is 13.8. The maximum absolute atomic E-state index is 12.3. The molecule has 0 unspecified atom stereocenters. The Labute approximate surface area is 126 Å². The third-order valence-corrected chi connectivity index (χ3v) is 5.50. The van der Waals surface area contributed by atoms with Gasteiger partial charge in [-0.15, -0.1) is 0 Å². The van der Waals surface area contributed by atoms with Gasteiger partial charge in [-0.1, -0.05) is 13.8 Å². The molecule has 0 aliphatic rings. The fourth-order valence-electron chi connectivity index (χ4n) is 1.77. The first-order valence-corrected chi connectivity index (χ1v) is 8.36. The summed E-state index contributed by atoms with van der Waals surface area (Å²) in [6.07, 6.45) is 4.34. The highest BCUT2D eigenvalue weighted by atomic mass is 32.2. The van der Waals surface area contributed by atoms with Gasteiger partial charge in [0, 0.05) is 25.0 Å². The molecule has 1 aromatic rings. The molecule has 0 fully saturated rings. The minimum Gasteiger partial charge on any atom is -0.350 e. The van der Waals surface area contributed by atoms with Gasteiger partial charge >= 0.3 is 0 Å². The normalized spacial score (nSPS) is 12.4. The molecule has 0 atom stereocenters. The zero-order chi connectivity index (χ0) is 16.1. The standard InChI is InChI=1S/C14H23N3O3S/c1-5-14(3,6-2)16-13(18)11-17(4)21(19,20)12-8-7-9-15-10-12/h7-10H,5-6,11H2,1-4H3,(H,16,18). The molecule has 7 heteroatoms. The van der Waals surface area contributed by atoms with Gasteiger partial charge in [-0.2, -0.15) is 4.31 Å². The molecule has 0 spiro atoms. The molecule has 0 radical (unpaired) electrons. The minimum absolute atomic E-state index is 0.0778. The highest BCUT2D eigenvalue weighted by Crippen LogP contribution is 2.15. The Kier molecular flexibility index (Phi) is 5.86. The molecule has 1 N–H and O–H groups in total. The molecule has 1 aromatic heterocycles. The number of nitrogens with zero attached hydrogens (tertiary/aromatic N) is 2. The molecule has 0 bridgehead atoms. The third kappa shape index (κ3) is 4.50. The van der Waals surface area contributed by atoms with Crippen LogP contribution in [0.5, 0.6) is 0 Å². The Morgan fingerprint density at radius 3 is 2.48 bits per heavy atom. The number of nitrogens with one attached hydrogen (secondary N) is 1. The van der Waals surface area contributed by atoms with Crippen LogP contribution in [0.4, 0.5) is 0 Å². The number of likely N-dealkylation sites (N-methyl/N-ethyl adjacent to an activating group) is 1. The van der Waals surface area contributed by atoms with Crippen molar-refractivity contribution in [2.24, 2.45) is 0 Å². The number of sulfonamides is 1. The van der Waals surface area contributed by atoms with Gasteiger partial charge in [0.2, 0.25) is 15.9 Å². The smallest absolute Gasteiger partial charge is 0.244 e. The van der Waals surface area contributed by atoms with E-state index in [0.717, 1.165) is 17.1 Å². The average molecular weight is 313 g/mol. The third-order valence-electron chi connectivity index (χ3n) is 3.71. The van der Waals surface area contributed by atoms with Crippen LogP contribution in [0.1, 0.15) is 33.6 Å². The van der Waals surface area contributed by atoms with E-state index in [9.17, 15) is 13.2 Å². The van der Waals surface area contributed by atoms with Gasteiger partial charge in [0.25, 0.3) is 0 Å². The van der Waals surface area contributed by atoms with E-state index in [1.165, 1.54) is 25.5 Å². The Morgan fingerprint density at radius 1 is 1.38 bits per heavy atom. The number of amides is 1. The Hall–Kier alpha value is -1.47. The fraction of sp³-hybridized carbons (Fsp3) is 0.571. The summed E-state index contributed by atoms with van der Waals surface area (Å²) in [7, 11) is -2.31. The van der Waals surface area contributed by atoms with Crippen molar-refractivity contribution in [2.45, 2.75) is 44.0 Å². The molecule has 0 saturated carbocycles. The van der Waals surface area contributed by atoms with Gasteiger partial charge in [-0.25, -0.2) is 8.42 Å². The van der Waals surface area contributed by atoms with Crippen molar-refractivity contribution >= 4 is 15.9 Å². The molecule has 0 aliphatic heterocycles. The Bertz CT molecular complexity index is 568. The summed E-state index contributed by atoms with van der Waals surface area (Å²) in [6.45, 7) is 5.70. The number of hydrogen-bond donors (Lipinski definition) is 1. The van der Waals surface area contributed by atoms with Crippen LogP contribution in [0.25, 0.3) is 0 Å². The van der Waals surface area contributed by atoms with Crippen molar-refractivity contribution in [3.8, 4) is 0 Å². The molecule has 0 aliphatic carbocycles. The first-order valence-electron chi connectivity index (χ1n) is 6.92. The molecule has 0 saturated heterocycles. The van der Waals surface area contributed by atoms with Crippen molar-refractivity contribution in [3.63, 3.8) is 0 Å². The highest BCUT2D eigenvalue weighted by molar-refractivity contribution is 7.89. The van der Waals surface area contributed by atoms with Crippen LogP contribution in [0.3, 0.4) is 0 Å². The largest absolute Gasteiger partial charge is 0.350 e. The van der Waals surface area contributed by atoms with Crippen molar-refractivity contribution < 1.29 is 13.2 Å². The first-order chi connectivity index (χ1) is 9.75.